The van der Waals surface area contributed by atoms with Crippen LogP contribution in [0, 0.1) is 11.8 Å². The molecule has 2 N–H and O–H groups in total. The van der Waals surface area contributed by atoms with Gasteiger partial charge in [0.1, 0.15) is 17.6 Å². The summed E-state index contributed by atoms with van der Waals surface area (Å²) in [5.41, 5.74) is 5.15. The Morgan fingerprint density at radius 3 is 2.50 bits per heavy atom. The van der Waals surface area contributed by atoms with Crippen LogP contribution in [0.5, 0.6) is 5.75 Å². The maximum Gasteiger partial charge on any atom is 0.494 e. The van der Waals surface area contributed by atoms with Gasteiger partial charge in [-0.25, -0.2) is 9.78 Å². The van der Waals surface area contributed by atoms with E-state index in [1.54, 1.807) is 0 Å². The van der Waals surface area contributed by atoms with E-state index in [4.69, 9.17) is 23.8 Å². The number of benzene rings is 2. The molecule has 3 aromatic heterocycles. The Bertz CT molecular complexity index is 2380. The van der Waals surface area contributed by atoms with Crippen molar-refractivity contribution in [2.75, 3.05) is 7.11 Å². The summed E-state index contributed by atoms with van der Waals surface area (Å²) in [7, 11) is 0.865. The first kappa shape index (κ1) is 35.8. The fourth-order valence-electron chi connectivity index (χ4n) is 8.82. The van der Waals surface area contributed by atoms with Crippen LogP contribution in [-0.2, 0) is 18.8 Å². The van der Waals surface area contributed by atoms with Crippen molar-refractivity contribution in [1.29, 1.82) is 0 Å². The zero-order valence-electron chi connectivity index (χ0n) is 32.9. The Kier molecular flexibility index (Phi) is 8.13. The Hall–Kier alpha value is -4.59. The van der Waals surface area contributed by atoms with Gasteiger partial charge in [0, 0.05) is 27.4 Å². The van der Waals surface area contributed by atoms with E-state index in [-0.39, 0.29) is 30.1 Å². The third-order valence-electron chi connectivity index (χ3n) is 13.0. The average Bonchev–Trinajstić information content (AvgIpc) is 3.83. The number of methoxy groups -OCH3 is 1. The molecule has 0 radical (unpaired) electrons. The van der Waals surface area contributed by atoms with Crippen LogP contribution in [0.1, 0.15) is 101 Å². The zero-order chi connectivity index (χ0) is 38.8. The smallest absolute Gasteiger partial charge is 0.464 e. The van der Waals surface area contributed by atoms with Gasteiger partial charge in [0.05, 0.1) is 52.3 Å². The number of nitrogens with zero attached hydrogens (tertiary/aromatic N) is 3. The number of carbonyl (C=O) groups is 2. The fourth-order valence-corrected chi connectivity index (χ4v) is 10.0. The van der Waals surface area contributed by atoms with Gasteiger partial charge in [-0.3, -0.25) is 9.36 Å². The number of hydrogen-bond donors (Lipinski definition) is 2. The number of H-pyrrole nitrogens is 1. The molecule has 2 aromatic carbocycles. The molecule has 5 atom stereocenters. The highest BCUT2D eigenvalue weighted by Gasteiger charge is 2.56. The molecule has 13 heteroatoms. The molecule has 6 heterocycles. The van der Waals surface area contributed by atoms with E-state index in [1.807, 2.05) is 36.3 Å². The molecular weight excluding hydrogens is 725 g/mol. The minimum atomic E-state index is -0.681. The van der Waals surface area contributed by atoms with Crippen LogP contribution in [0.15, 0.2) is 60.8 Å². The van der Waals surface area contributed by atoms with Crippen LogP contribution >= 0.6 is 11.3 Å². The lowest BCUT2D eigenvalue weighted by Gasteiger charge is -2.32. The average molecular weight is 774 g/mol. The van der Waals surface area contributed by atoms with Crippen LogP contribution < -0.4 is 15.5 Å². The first-order chi connectivity index (χ1) is 26.8. The number of ether oxygens (including phenoxy) is 2. The van der Waals surface area contributed by atoms with Gasteiger partial charge in [0.15, 0.2) is 0 Å². The number of amides is 2. The first-order valence-electron chi connectivity index (χ1n) is 19.9. The molecule has 2 amide bonds. The lowest BCUT2D eigenvalue weighted by atomic mass is 9.78. The van der Waals surface area contributed by atoms with Gasteiger partial charge in [0.25, 0.3) is 0 Å². The zero-order valence-corrected chi connectivity index (χ0v) is 33.7. The van der Waals surface area contributed by atoms with Gasteiger partial charge in [-0.2, -0.15) is 0 Å². The highest BCUT2D eigenvalue weighted by Crippen LogP contribution is 2.54. The molecule has 56 heavy (non-hydrogen) atoms. The molecule has 2 saturated carbocycles. The van der Waals surface area contributed by atoms with Crippen LogP contribution in [0.4, 0.5) is 4.79 Å². The molecule has 0 bridgehead atoms. The van der Waals surface area contributed by atoms with Crippen LogP contribution in [0.2, 0.25) is 0 Å². The van der Waals surface area contributed by atoms with Gasteiger partial charge >= 0.3 is 13.2 Å². The van der Waals surface area contributed by atoms with Crippen molar-refractivity contribution >= 4 is 46.8 Å². The molecule has 10 rings (SSSR count). The number of alkyl carbamates (subject to hydrolysis) is 1. The van der Waals surface area contributed by atoms with Gasteiger partial charge in [-0.1, -0.05) is 32.0 Å². The van der Waals surface area contributed by atoms with Gasteiger partial charge in [0.2, 0.25) is 12.1 Å². The summed E-state index contributed by atoms with van der Waals surface area (Å²) in [6, 6.07) is 18.9. The second-order valence-corrected chi connectivity index (χ2v) is 18.7. The minimum Gasteiger partial charge on any atom is -0.464 e. The molecule has 5 aromatic rings. The molecule has 1 unspecified atom stereocenters. The number of fused-ring (bicyclic) bond motifs is 6. The lowest BCUT2D eigenvalue weighted by Crippen LogP contribution is -2.52. The number of carbonyl (C=O) groups excluding carboxylic acids is 2. The van der Waals surface area contributed by atoms with E-state index in [9.17, 15) is 9.59 Å². The van der Waals surface area contributed by atoms with Crippen molar-refractivity contribution < 1.29 is 28.4 Å². The van der Waals surface area contributed by atoms with Gasteiger partial charge < -0.3 is 34.0 Å². The number of piperidine rings is 1. The monoisotopic (exact) mass is 773 g/mol. The van der Waals surface area contributed by atoms with Crippen molar-refractivity contribution in [1.82, 2.24) is 24.8 Å². The molecule has 5 aliphatic rings. The Labute approximate surface area is 331 Å². The van der Waals surface area contributed by atoms with E-state index in [2.05, 4.69) is 97.2 Å². The largest absolute Gasteiger partial charge is 0.494 e. The minimum absolute atomic E-state index is 0.0940. The molecule has 11 nitrogen and oxygen atoms in total. The van der Waals surface area contributed by atoms with Crippen molar-refractivity contribution in [3.63, 3.8) is 0 Å². The second-order valence-electron chi connectivity index (χ2n) is 17.6. The first-order valence-corrected chi connectivity index (χ1v) is 20.7. The highest BCUT2D eigenvalue weighted by molar-refractivity contribution is 7.12. The summed E-state index contributed by atoms with van der Waals surface area (Å²) < 4.78 is 27.1. The summed E-state index contributed by atoms with van der Waals surface area (Å²) in [6.45, 7) is 12.2. The number of imidazole rings is 1. The number of nitrogens with one attached hydrogen (secondary N) is 2. The van der Waals surface area contributed by atoms with E-state index in [0.717, 1.165) is 63.3 Å². The van der Waals surface area contributed by atoms with E-state index >= 15 is 0 Å². The molecule has 0 spiro atoms. The lowest BCUT2D eigenvalue weighted by molar-refractivity contribution is -0.136. The van der Waals surface area contributed by atoms with Crippen LogP contribution in [0.3, 0.4) is 0 Å². The third-order valence-corrected chi connectivity index (χ3v) is 14.2. The summed E-state index contributed by atoms with van der Waals surface area (Å²) in [6.07, 6.45) is 5.23. The Morgan fingerprint density at radius 1 is 1.00 bits per heavy atom. The van der Waals surface area contributed by atoms with Crippen molar-refractivity contribution in [3.8, 4) is 28.3 Å². The quantitative estimate of drug-likeness (QED) is 0.154. The highest BCUT2D eigenvalue weighted by atomic mass is 32.1. The summed E-state index contributed by atoms with van der Waals surface area (Å²) in [4.78, 5) is 39.1. The van der Waals surface area contributed by atoms with E-state index < -0.39 is 30.5 Å². The van der Waals surface area contributed by atoms with E-state index in [0.29, 0.717) is 11.8 Å². The summed E-state index contributed by atoms with van der Waals surface area (Å²) in [5, 5.41) is 3.87. The maximum atomic E-state index is 14.0. The molecule has 4 fully saturated rings. The predicted octanol–water partition coefficient (Wildman–Crippen LogP) is 7.92. The fraction of sp³-hybridized carbons (Fsp3) is 0.465. The molecule has 3 aliphatic heterocycles. The van der Waals surface area contributed by atoms with Gasteiger partial charge in [-0.15, -0.1) is 11.3 Å². The number of rotatable bonds is 8. The molecule has 2 saturated heterocycles. The van der Waals surface area contributed by atoms with E-state index in [1.165, 1.54) is 29.7 Å². The third kappa shape index (κ3) is 5.79. The number of thiophene rings is 1. The predicted molar refractivity (Wildman–Crippen MR) is 216 cm³/mol. The Balaban J connectivity index is 0.987. The number of aromatic amines is 1. The topological polar surface area (TPSA) is 120 Å². The maximum absolute atomic E-state index is 14.0. The standard InChI is InChI=1S/C43H48BN5O6S/c1-22(2)37(47-41(51)52-7)39(50)48-31-17-26(31)19-33(48)38-45-21-29(46-38)24-10-12-28-32-18-25-16-27(44-54-42(3,4)43(5,6)55-44)11-13-30(25)49(32)40(53-34(28)20-24)36-15-14-35(56-36)23-8-9-23/h10-16,18,20-23,26,31,33,37,40H,8-9,17,19H2,1-7H3,(H,45,46)(H,47,51)/t26-,31-,33+,37+,40?/m1/s1. The number of likely N-dealkylation sites (tertiary alicyclic amines) is 1. The van der Waals surface area contributed by atoms with Crippen LogP contribution in [-0.4, -0.2) is 68.9 Å². The normalized spacial score (nSPS) is 24.8. The molecular formula is C43H48BN5O6S. The van der Waals surface area contributed by atoms with Gasteiger partial charge in [-0.05, 0) is 113 Å². The number of hydrogen-bond acceptors (Lipinski definition) is 8. The summed E-state index contributed by atoms with van der Waals surface area (Å²) in [5.74, 6) is 2.46. The Morgan fingerprint density at radius 2 is 1.77 bits per heavy atom. The molecule has 2 aliphatic carbocycles. The van der Waals surface area contributed by atoms with Crippen LogP contribution in [0.25, 0.3) is 33.4 Å². The van der Waals surface area contributed by atoms with Crippen molar-refractivity contribution in [3.05, 3.63) is 76.4 Å². The number of aromatic nitrogens is 3. The SMILES string of the molecule is COC(=O)N[C@H](C(=O)N1[C@@H]2C[C@@H]2C[C@H]1c1ncc(-c2ccc3c(c2)OC(c2ccc(C4CC4)s2)n2c-3cc3cc(B4OC(C)(C)C(C)(C)O4)ccc32)[nH]1)C(C)C. The summed E-state index contributed by atoms with van der Waals surface area (Å²) >= 11 is 1.85. The van der Waals surface area contributed by atoms with Crippen molar-refractivity contribution in [2.24, 2.45) is 11.8 Å². The second kappa shape index (κ2) is 12.7. The van der Waals surface area contributed by atoms with Crippen molar-refractivity contribution in [2.45, 2.75) is 109 Å². The molecule has 290 valence electrons.